The van der Waals surface area contributed by atoms with E-state index in [4.69, 9.17) is 4.74 Å². The quantitative estimate of drug-likeness (QED) is 0.442. The lowest BCUT2D eigenvalue weighted by atomic mass is 10.1. The summed E-state index contributed by atoms with van der Waals surface area (Å²) in [6.07, 6.45) is 11.0. The summed E-state index contributed by atoms with van der Waals surface area (Å²) in [5.74, 6) is 0.880. The second-order valence-corrected chi connectivity index (χ2v) is 5.15. The zero-order valence-electron chi connectivity index (χ0n) is 11.3. The molecule has 2 nitrogen and oxygen atoms in total. The van der Waals surface area contributed by atoms with Crippen molar-refractivity contribution in [2.75, 3.05) is 6.61 Å². The van der Waals surface area contributed by atoms with Crippen molar-refractivity contribution in [3.05, 3.63) is 24.0 Å². The van der Waals surface area contributed by atoms with Crippen LogP contribution in [0.4, 0.5) is 0 Å². The summed E-state index contributed by atoms with van der Waals surface area (Å²) in [6, 6.07) is 3.99. The molecule has 1 aromatic rings. The fraction of sp³-hybridized carbons (Fsp3) is 0.667. The normalized spacial score (nSPS) is 10.6. The van der Waals surface area contributed by atoms with Crippen molar-refractivity contribution in [2.45, 2.75) is 57.2 Å². The molecule has 0 bridgehead atoms. The molecule has 0 fully saturated rings. The van der Waals surface area contributed by atoms with E-state index in [9.17, 15) is 0 Å². The second kappa shape index (κ2) is 10.4. The summed E-state index contributed by atoms with van der Waals surface area (Å²) in [4.78, 5) is 4.27. The van der Waals surface area contributed by atoms with Crippen molar-refractivity contribution in [2.24, 2.45) is 0 Å². The fourth-order valence-corrected chi connectivity index (χ4v) is 2.16. The number of aromatic nitrogens is 1. The first-order valence-corrected chi connectivity index (χ1v) is 8.12. The van der Waals surface area contributed by atoms with E-state index in [0.717, 1.165) is 29.8 Å². The highest BCUT2D eigenvalue weighted by Crippen LogP contribution is 2.12. The molecule has 0 unspecified atom stereocenters. The van der Waals surface area contributed by atoms with E-state index in [-0.39, 0.29) is 0 Å². The lowest BCUT2D eigenvalue weighted by Crippen LogP contribution is -1.98. The Bertz CT molecular complexity index is 300. The van der Waals surface area contributed by atoms with Crippen LogP contribution in [0.3, 0.4) is 0 Å². The minimum atomic E-state index is 0.797. The molecule has 1 aromatic heterocycles. The van der Waals surface area contributed by atoms with Gasteiger partial charge in [0, 0.05) is 5.33 Å². The predicted octanol–water partition coefficient (Wildman–Crippen LogP) is 5.11. The van der Waals surface area contributed by atoms with Crippen molar-refractivity contribution >= 4 is 15.9 Å². The maximum Gasteiger partial charge on any atom is 0.137 e. The van der Waals surface area contributed by atoms with Crippen molar-refractivity contribution in [1.29, 1.82) is 0 Å². The third-order valence-electron chi connectivity index (χ3n) is 2.95. The minimum absolute atomic E-state index is 0.797. The number of pyridine rings is 1. The molecule has 3 heteroatoms. The van der Waals surface area contributed by atoms with Gasteiger partial charge < -0.3 is 4.74 Å². The Morgan fingerprint density at radius 3 is 2.39 bits per heavy atom. The van der Waals surface area contributed by atoms with Gasteiger partial charge in [-0.2, -0.15) is 0 Å². The molecule has 18 heavy (non-hydrogen) atoms. The Labute approximate surface area is 119 Å². The maximum absolute atomic E-state index is 5.66. The number of ether oxygens (including phenoxy) is 1. The number of hydrogen-bond acceptors (Lipinski definition) is 2. The van der Waals surface area contributed by atoms with Gasteiger partial charge in [-0.1, -0.05) is 61.4 Å². The first kappa shape index (κ1) is 15.5. The highest BCUT2D eigenvalue weighted by Gasteiger charge is 1.96. The van der Waals surface area contributed by atoms with Crippen molar-refractivity contribution in [1.82, 2.24) is 4.98 Å². The average Bonchev–Trinajstić information content (AvgIpc) is 2.42. The van der Waals surface area contributed by atoms with Crippen LogP contribution in [0.25, 0.3) is 0 Å². The first-order valence-electron chi connectivity index (χ1n) is 7.00. The molecular formula is C15H24BrNO. The summed E-state index contributed by atoms with van der Waals surface area (Å²) < 4.78 is 5.66. The molecule has 0 aliphatic carbocycles. The summed E-state index contributed by atoms with van der Waals surface area (Å²) in [5.41, 5.74) is 1.04. The highest BCUT2D eigenvalue weighted by molar-refractivity contribution is 9.08. The van der Waals surface area contributed by atoms with Crippen molar-refractivity contribution < 1.29 is 4.74 Å². The molecule has 102 valence electrons. The minimum Gasteiger partial charge on any atom is -0.492 e. The standard InChI is InChI=1S/C15H24BrNO/c1-2-3-4-5-6-7-8-11-18-15-10-9-14(12-16)17-13-15/h9-10,13H,2-8,11-12H2,1H3. The summed E-state index contributed by atoms with van der Waals surface area (Å²) in [7, 11) is 0. The van der Waals surface area contributed by atoms with Gasteiger partial charge in [0.25, 0.3) is 0 Å². The van der Waals surface area contributed by atoms with Crippen LogP contribution < -0.4 is 4.74 Å². The maximum atomic E-state index is 5.66. The van der Waals surface area contributed by atoms with Gasteiger partial charge in [-0.15, -0.1) is 0 Å². The Hall–Kier alpha value is -0.570. The third-order valence-corrected chi connectivity index (χ3v) is 3.53. The van der Waals surface area contributed by atoms with Gasteiger partial charge in [-0.25, -0.2) is 0 Å². The van der Waals surface area contributed by atoms with Gasteiger partial charge >= 0.3 is 0 Å². The number of alkyl halides is 1. The molecule has 0 radical (unpaired) electrons. The molecule has 0 aliphatic heterocycles. The number of unbranched alkanes of at least 4 members (excludes halogenated alkanes) is 6. The fourth-order valence-electron chi connectivity index (χ4n) is 1.82. The van der Waals surface area contributed by atoms with E-state index in [1.54, 1.807) is 6.20 Å². The van der Waals surface area contributed by atoms with Crippen LogP contribution in [0.5, 0.6) is 5.75 Å². The third kappa shape index (κ3) is 7.00. The topological polar surface area (TPSA) is 22.1 Å². The van der Waals surface area contributed by atoms with Crippen molar-refractivity contribution in [3.63, 3.8) is 0 Å². The predicted molar refractivity (Wildman–Crippen MR) is 80.4 cm³/mol. The molecule has 1 heterocycles. The second-order valence-electron chi connectivity index (χ2n) is 4.59. The number of rotatable bonds is 10. The van der Waals surface area contributed by atoms with E-state index in [2.05, 4.69) is 27.8 Å². The number of halogens is 1. The van der Waals surface area contributed by atoms with Crippen molar-refractivity contribution in [3.8, 4) is 5.75 Å². The van der Waals surface area contributed by atoms with Gasteiger partial charge in [-0.3, -0.25) is 4.98 Å². The molecule has 0 aromatic carbocycles. The summed E-state index contributed by atoms with van der Waals surface area (Å²) >= 11 is 3.38. The largest absolute Gasteiger partial charge is 0.492 e. The van der Waals surface area contributed by atoms with Gasteiger partial charge in [0.15, 0.2) is 0 Å². The SMILES string of the molecule is CCCCCCCCCOc1ccc(CBr)nc1. The van der Waals surface area contributed by atoms with E-state index in [1.165, 1.54) is 38.5 Å². The number of hydrogen-bond donors (Lipinski definition) is 0. The van der Waals surface area contributed by atoms with E-state index >= 15 is 0 Å². The van der Waals surface area contributed by atoms with E-state index in [0.29, 0.717) is 0 Å². The Morgan fingerprint density at radius 1 is 1.06 bits per heavy atom. The van der Waals surface area contributed by atoms with Gasteiger partial charge in [-0.05, 0) is 18.6 Å². The smallest absolute Gasteiger partial charge is 0.137 e. The lowest BCUT2D eigenvalue weighted by Gasteiger charge is -2.06. The summed E-state index contributed by atoms with van der Waals surface area (Å²) in [5, 5.41) is 0.797. The molecule has 1 rings (SSSR count). The van der Waals surface area contributed by atoms with Gasteiger partial charge in [0.1, 0.15) is 5.75 Å². The summed E-state index contributed by atoms with van der Waals surface area (Å²) in [6.45, 7) is 3.06. The highest BCUT2D eigenvalue weighted by atomic mass is 79.9. The van der Waals surface area contributed by atoms with Gasteiger partial charge in [0.2, 0.25) is 0 Å². The lowest BCUT2D eigenvalue weighted by molar-refractivity contribution is 0.303. The van der Waals surface area contributed by atoms with Crippen LogP contribution >= 0.6 is 15.9 Å². The Kier molecular flexibility index (Phi) is 8.92. The molecule has 0 saturated heterocycles. The Morgan fingerprint density at radius 2 is 1.78 bits per heavy atom. The van der Waals surface area contributed by atoms with Crippen LogP contribution in [0.15, 0.2) is 18.3 Å². The van der Waals surface area contributed by atoms with Crippen LogP contribution in [-0.2, 0) is 5.33 Å². The molecule has 0 amide bonds. The molecule has 0 aliphatic rings. The van der Waals surface area contributed by atoms with Crippen LogP contribution in [-0.4, -0.2) is 11.6 Å². The first-order chi connectivity index (χ1) is 8.86. The van der Waals surface area contributed by atoms with Crippen LogP contribution in [0.1, 0.15) is 57.6 Å². The van der Waals surface area contributed by atoms with E-state index < -0.39 is 0 Å². The van der Waals surface area contributed by atoms with Gasteiger partial charge in [0.05, 0.1) is 18.5 Å². The zero-order chi connectivity index (χ0) is 13.1. The molecule has 0 saturated carbocycles. The molecule has 0 atom stereocenters. The monoisotopic (exact) mass is 313 g/mol. The molecule has 0 N–H and O–H groups in total. The van der Waals surface area contributed by atoms with E-state index in [1.807, 2.05) is 12.1 Å². The Balaban J connectivity index is 2.00. The average molecular weight is 314 g/mol. The number of nitrogens with zero attached hydrogens (tertiary/aromatic N) is 1. The van der Waals surface area contributed by atoms with Crippen LogP contribution in [0, 0.1) is 0 Å². The molecule has 0 spiro atoms. The molecular weight excluding hydrogens is 290 g/mol. The van der Waals surface area contributed by atoms with Crippen LogP contribution in [0.2, 0.25) is 0 Å². The zero-order valence-corrected chi connectivity index (χ0v) is 12.9.